The van der Waals surface area contributed by atoms with Gasteiger partial charge in [-0.2, -0.15) is 0 Å². The maximum atomic E-state index is 14.8. The fourth-order valence-electron chi connectivity index (χ4n) is 7.92. The Balaban J connectivity index is 0.000000201. The van der Waals surface area contributed by atoms with E-state index in [0.717, 1.165) is 12.8 Å². The van der Waals surface area contributed by atoms with Crippen LogP contribution in [0.25, 0.3) is 9.69 Å². The van der Waals surface area contributed by atoms with Gasteiger partial charge in [0.05, 0.1) is 16.9 Å². The molecule has 61 heavy (non-hydrogen) atoms. The highest BCUT2D eigenvalue weighted by Gasteiger charge is 2.61. The zero-order chi connectivity index (χ0) is 43.3. The normalized spacial score (nSPS) is 16.9. The standard InChI is InChI=1S/C21H18FN5O2S.C21H18FN5OS2.CH4/c1-12-9-14(11-25-17(12)23-2)26-19(29)21(7-4-8-21)27(20(26)30)13-5-6-15(16(22)10-13)18(28)24-3;1-12-9-14(11-25-17(12)23-2)26-19(28)21(7-4-8-21)27(20(26)30)13-5-6-15(16(22)10-13)18(29)24-3;/h5-6,9-11H,4,7-8H2,1,3H3,(H,24,28);5-6,9-11H,4,7-8H2,1,3H3,(H,24,29);1H4. The Morgan fingerprint density at radius 3 is 1.43 bits per heavy atom. The summed E-state index contributed by atoms with van der Waals surface area (Å²) in [4.78, 5) is 60.3. The van der Waals surface area contributed by atoms with Gasteiger partial charge in [0, 0.05) is 31.0 Å². The molecule has 0 radical (unpaired) electrons. The number of aryl methyl sites for hydroxylation is 2. The number of carbonyl (C=O) groups excluding carboxylic acids is 3. The van der Waals surface area contributed by atoms with E-state index < -0.39 is 28.6 Å². The number of nitrogens with zero attached hydrogens (tertiary/aromatic N) is 8. The summed E-state index contributed by atoms with van der Waals surface area (Å²) in [5.41, 5.74) is 1.75. The smallest absolute Gasteiger partial charge is 0.272 e. The Bertz CT molecular complexity index is 2460. The molecule has 13 nitrogen and oxygen atoms in total. The second kappa shape index (κ2) is 17.0. The van der Waals surface area contributed by atoms with Gasteiger partial charge in [0.2, 0.25) is 0 Å². The van der Waals surface area contributed by atoms with Crippen molar-refractivity contribution in [3.05, 3.63) is 118 Å². The Labute approximate surface area is 368 Å². The lowest BCUT2D eigenvalue weighted by Crippen LogP contribution is -2.55. The van der Waals surface area contributed by atoms with Crippen molar-refractivity contribution in [2.75, 3.05) is 33.7 Å². The Kier molecular flexibility index (Phi) is 12.3. The number of halogens is 2. The zero-order valence-electron chi connectivity index (χ0n) is 32.8. The maximum Gasteiger partial charge on any atom is 0.272 e. The lowest BCUT2D eigenvalue weighted by atomic mass is 9.75. The van der Waals surface area contributed by atoms with Gasteiger partial charge in [0.1, 0.15) is 40.1 Å². The molecule has 0 bridgehead atoms. The van der Waals surface area contributed by atoms with E-state index in [1.54, 1.807) is 61.0 Å². The van der Waals surface area contributed by atoms with Crippen LogP contribution >= 0.6 is 36.7 Å². The molecule has 2 saturated heterocycles. The van der Waals surface area contributed by atoms with Crippen LogP contribution in [-0.2, 0) is 9.59 Å². The molecule has 4 heterocycles. The summed E-state index contributed by atoms with van der Waals surface area (Å²) in [6.07, 6.45) is 7.12. The van der Waals surface area contributed by atoms with Crippen molar-refractivity contribution in [3.8, 4) is 0 Å². The fraction of sp³-hybridized carbons (Fsp3) is 0.302. The van der Waals surface area contributed by atoms with Crippen LogP contribution < -0.4 is 30.2 Å². The van der Waals surface area contributed by atoms with Crippen molar-refractivity contribution in [1.82, 2.24) is 20.6 Å². The highest BCUT2D eigenvalue weighted by molar-refractivity contribution is 7.81. The lowest BCUT2D eigenvalue weighted by molar-refractivity contribution is -0.124. The quantitative estimate of drug-likeness (QED) is 0.144. The van der Waals surface area contributed by atoms with Crippen LogP contribution in [0.5, 0.6) is 0 Å². The molecular weight excluding hydrogens is 839 g/mol. The first-order chi connectivity index (χ1) is 28.7. The molecule has 4 fully saturated rings. The largest absolute Gasteiger partial charge is 0.379 e. The van der Waals surface area contributed by atoms with E-state index in [0.29, 0.717) is 70.1 Å². The number of amides is 3. The first-order valence-electron chi connectivity index (χ1n) is 18.8. The van der Waals surface area contributed by atoms with E-state index in [9.17, 15) is 23.2 Å². The number of rotatable bonds is 6. The molecule has 2 aliphatic heterocycles. The van der Waals surface area contributed by atoms with Gasteiger partial charge in [-0.15, -0.1) is 9.97 Å². The number of carbonyl (C=O) groups is 3. The van der Waals surface area contributed by atoms with Gasteiger partial charge < -0.3 is 30.1 Å². The van der Waals surface area contributed by atoms with Crippen LogP contribution in [0.15, 0.2) is 60.9 Å². The minimum absolute atomic E-state index is 0. The minimum atomic E-state index is -0.871. The monoisotopic (exact) mass is 878 g/mol. The number of hydrogen-bond donors (Lipinski definition) is 2. The van der Waals surface area contributed by atoms with Crippen molar-refractivity contribution < 1.29 is 23.2 Å². The highest BCUT2D eigenvalue weighted by Crippen LogP contribution is 2.49. The third kappa shape index (κ3) is 7.14. The van der Waals surface area contributed by atoms with Crippen LogP contribution in [0, 0.1) is 38.6 Å². The summed E-state index contributed by atoms with van der Waals surface area (Å²) in [5, 5.41) is 5.67. The molecule has 2 aliphatic carbocycles. The number of thiocarbonyl (C=S) groups is 3. The average molecular weight is 879 g/mol. The molecule has 2 spiro atoms. The number of pyridine rings is 2. The zero-order valence-corrected chi connectivity index (χ0v) is 35.2. The second-order valence-corrected chi connectivity index (χ2v) is 15.8. The molecule has 312 valence electrons. The van der Waals surface area contributed by atoms with Crippen molar-refractivity contribution in [2.45, 2.75) is 70.9 Å². The number of nitrogens with one attached hydrogen (secondary N) is 2. The van der Waals surface area contributed by atoms with Crippen molar-refractivity contribution in [2.24, 2.45) is 0 Å². The van der Waals surface area contributed by atoms with Gasteiger partial charge in [-0.3, -0.25) is 24.2 Å². The van der Waals surface area contributed by atoms with Crippen LogP contribution in [0.1, 0.15) is 73.0 Å². The number of hydrogen-bond acceptors (Lipinski definition) is 8. The second-order valence-electron chi connectivity index (χ2n) is 14.7. The van der Waals surface area contributed by atoms with Crippen LogP contribution in [-0.4, -0.2) is 68.1 Å². The van der Waals surface area contributed by atoms with E-state index in [-0.39, 0.29) is 46.7 Å². The SMILES string of the molecule is C.[C-]#[N+]c1ncc(N2C(=O)C3(CCC3)N(c3ccc(C(=O)NC)c(F)c3)C2=S)cc1C.[C-]#[N+]c1ncc(N2C(=O)C3(CCC3)N(c3ccc(C(=S)NC)c(F)c3)C2=S)cc1C. The molecule has 8 rings (SSSR count). The number of anilines is 4. The molecule has 18 heteroatoms. The van der Waals surface area contributed by atoms with E-state index in [1.807, 2.05) is 0 Å². The van der Waals surface area contributed by atoms with Crippen molar-refractivity contribution >= 4 is 104 Å². The summed E-state index contributed by atoms with van der Waals surface area (Å²) >= 11 is 16.5. The molecule has 0 atom stereocenters. The summed E-state index contributed by atoms with van der Waals surface area (Å²) in [6.45, 7) is 17.8. The minimum Gasteiger partial charge on any atom is -0.379 e. The highest BCUT2D eigenvalue weighted by atomic mass is 32.1. The van der Waals surface area contributed by atoms with Gasteiger partial charge in [0.25, 0.3) is 29.4 Å². The first-order valence-corrected chi connectivity index (χ1v) is 20.0. The Morgan fingerprint density at radius 2 is 1.11 bits per heavy atom. The topological polar surface area (TPSA) is 123 Å². The van der Waals surface area contributed by atoms with E-state index >= 15 is 0 Å². The third-order valence-electron chi connectivity index (χ3n) is 11.4. The van der Waals surface area contributed by atoms with E-state index in [1.165, 1.54) is 47.4 Å². The number of benzene rings is 2. The Morgan fingerprint density at radius 1 is 0.705 bits per heavy atom. The molecule has 2 saturated carbocycles. The van der Waals surface area contributed by atoms with Gasteiger partial charge >= 0.3 is 0 Å². The lowest BCUT2D eigenvalue weighted by Gasteiger charge is -2.43. The molecule has 2 aromatic heterocycles. The molecule has 0 unspecified atom stereocenters. The maximum absolute atomic E-state index is 14.8. The van der Waals surface area contributed by atoms with E-state index in [2.05, 4.69) is 30.3 Å². The summed E-state index contributed by atoms with van der Waals surface area (Å²) in [5.74, 6) is -1.48. The van der Waals surface area contributed by atoms with Crippen molar-refractivity contribution in [1.29, 1.82) is 0 Å². The molecule has 4 aromatic rings. The van der Waals surface area contributed by atoms with Gasteiger partial charge in [-0.25, -0.2) is 8.78 Å². The van der Waals surface area contributed by atoms with Crippen LogP contribution in [0.3, 0.4) is 0 Å². The fourth-order valence-corrected chi connectivity index (χ4v) is 9.03. The molecule has 4 aliphatic rings. The predicted octanol–water partition coefficient (Wildman–Crippen LogP) is 8.17. The van der Waals surface area contributed by atoms with E-state index in [4.69, 9.17) is 49.8 Å². The Hall–Kier alpha value is -6.34. The van der Waals surface area contributed by atoms with Gasteiger partial charge in [0.15, 0.2) is 10.2 Å². The van der Waals surface area contributed by atoms with Crippen molar-refractivity contribution in [3.63, 3.8) is 0 Å². The molecular formula is C43H40F2N10O3S3. The summed E-state index contributed by atoms with van der Waals surface area (Å²) in [6, 6.07) is 12.4. The van der Waals surface area contributed by atoms with Gasteiger partial charge in [-0.05, 0) is 136 Å². The molecule has 2 N–H and O–H groups in total. The van der Waals surface area contributed by atoms with Crippen LogP contribution in [0.4, 0.5) is 43.2 Å². The number of aromatic nitrogens is 2. The summed E-state index contributed by atoms with van der Waals surface area (Å²) < 4.78 is 29.4. The third-order valence-corrected chi connectivity index (χ3v) is 12.5. The summed E-state index contributed by atoms with van der Waals surface area (Å²) in [7, 11) is 3.07. The average Bonchev–Trinajstić information content (AvgIpc) is 3.59. The van der Waals surface area contributed by atoms with Crippen LogP contribution in [0.2, 0.25) is 0 Å². The van der Waals surface area contributed by atoms with Gasteiger partial charge in [-0.1, -0.05) is 32.8 Å². The first kappa shape index (κ1) is 44.2. The molecule has 2 aromatic carbocycles. The predicted molar refractivity (Wildman–Crippen MR) is 242 cm³/mol. The molecule has 3 amide bonds.